The number of carbonyl (C=O) groups excluding carboxylic acids is 2. The lowest BCUT2D eigenvalue weighted by Crippen LogP contribution is -2.26. The predicted octanol–water partition coefficient (Wildman–Crippen LogP) is 3.82. The van der Waals surface area contributed by atoms with Crippen molar-refractivity contribution in [3.8, 4) is 5.75 Å². The minimum Gasteiger partial charge on any atom is -0.484 e. The first kappa shape index (κ1) is 19.9. The van der Waals surface area contributed by atoms with Gasteiger partial charge >= 0.3 is 0 Å². The van der Waals surface area contributed by atoms with E-state index in [4.69, 9.17) is 4.74 Å². The number of ether oxygens (including phenoxy) is 1. The molecule has 1 aliphatic rings. The zero-order valence-electron chi connectivity index (χ0n) is 16.7. The van der Waals surface area contributed by atoms with E-state index in [0.29, 0.717) is 23.9 Å². The molecule has 2 amide bonds. The molecule has 0 bridgehead atoms. The highest BCUT2D eigenvalue weighted by Gasteiger charge is 2.23. The van der Waals surface area contributed by atoms with Gasteiger partial charge < -0.3 is 15.4 Å². The topological polar surface area (TPSA) is 67.4 Å². The SMILES string of the molecule is CC(C)(C)c1ccc(OCC(=O)Nc2ccc(CC(=O)NC3CC3)cc2)cc1. The number of carbonyl (C=O) groups is 2. The Balaban J connectivity index is 1.44. The summed E-state index contributed by atoms with van der Waals surface area (Å²) in [5, 5.41) is 5.77. The first-order valence-corrected chi connectivity index (χ1v) is 9.71. The minimum absolute atomic E-state index is 0.0464. The Morgan fingerprint density at radius 2 is 1.61 bits per heavy atom. The Labute approximate surface area is 166 Å². The van der Waals surface area contributed by atoms with Gasteiger partial charge in [0.2, 0.25) is 5.91 Å². The van der Waals surface area contributed by atoms with Crippen LogP contribution in [0.5, 0.6) is 5.75 Å². The van der Waals surface area contributed by atoms with E-state index in [1.54, 1.807) is 12.1 Å². The monoisotopic (exact) mass is 380 g/mol. The molecule has 0 saturated heterocycles. The third kappa shape index (κ3) is 6.12. The maximum atomic E-state index is 12.1. The molecule has 2 aromatic rings. The molecule has 1 aliphatic carbocycles. The van der Waals surface area contributed by atoms with E-state index in [-0.39, 0.29) is 23.8 Å². The average molecular weight is 380 g/mol. The van der Waals surface area contributed by atoms with Crippen molar-refractivity contribution < 1.29 is 14.3 Å². The number of hydrogen-bond acceptors (Lipinski definition) is 3. The number of rotatable bonds is 7. The zero-order valence-corrected chi connectivity index (χ0v) is 16.7. The van der Waals surface area contributed by atoms with Crippen LogP contribution in [0.25, 0.3) is 0 Å². The molecule has 5 nitrogen and oxygen atoms in total. The van der Waals surface area contributed by atoms with Crippen LogP contribution >= 0.6 is 0 Å². The van der Waals surface area contributed by atoms with E-state index in [1.807, 2.05) is 36.4 Å². The third-order valence-corrected chi connectivity index (χ3v) is 4.64. The summed E-state index contributed by atoms with van der Waals surface area (Å²) < 4.78 is 5.56. The van der Waals surface area contributed by atoms with Crippen LogP contribution in [0, 0.1) is 0 Å². The molecular formula is C23H28N2O3. The molecule has 5 heteroatoms. The lowest BCUT2D eigenvalue weighted by atomic mass is 9.87. The number of anilines is 1. The molecule has 28 heavy (non-hydrogen) atoms. The standard InChI is InChI=1S/C23H28N2O3/c1-23(2,3)17-6-12-20(13-7-17)28-15-22(27)25-18-8-4-16(5-9-18)14-21(26)24-19-10-11-19/h4-9,12-13,19H,10-11,14-15H2,1-3H3,(H,24,26)(H,25,27). The van der Waals surface area contributed by atoms with Gasteiger partial charge in [0.25, 0.3) is 5.91 Å². The van der Waals surface area contributed by atoms with Crippen LogP contribution in [0.2, 0.25) is 0 Å². The normalized spacial score (nSPS) is 13.7. The second kappa shape index (κ2) is 8.46. The highest BCUT2D eigenvalue weighted by Crippen LogP contribution is 2.24. The van der Waals surface area contributed by atoms with Gasteiger partial charge in [0, 0.05) is 11.7 Å². The summed E-state index contributed by atoms with van der Waals surface area (Å²) in [6, 6.07) is 15.5. The molecular weight excluding hydrogens is 352 g/mol. The van der Waals surface area contributed by atoms with Gasteiger partial charge in [0.15, 0.2) is 6.61 Å². The maximum Gasteiger partial charge on any atom is 0.262 e. The first-order valence-electron chi connectivity index (χ1n) is 9.71. The van der Waals surface area contributed by atoms with Gasteiger partial charge in [-0.2, -0.15) is 0 Å². The number of amides is 2. The molecule has 0 aromatic heterocycles. The van der Waals surface area contributed by atoms with Crippen LogP contribution < -0.4 is 15.4 Å². The van der Waals surface area contributed by atoms with E-state index in [0.717, 1.165) is 18.4 Å². The second-order valence-electron chi connectivity index (χ2n) is 8.33. The van der Waals surface area contributed by atoms with Gasteiger partial charge in [-0.05, 0) is 53.6 Å². The average Bonchev–Trinajstić information content (AvgIpc) is 3.45. The molecule has 0 unspecified atom stereocenters. The molecule has 148 valence electrons. The molecule has 0 heterocycles. The summed E-state index contributed by atoms with van der Waals surface area (Å²) in [4.78, 5) is 23.9. The highest BCUT2D eigenvalue weighted by atomic mass is 16.5. The van der Waals surface area contributed by atoms with Crippen molar-refractivity contribution in [3.05, 3.63) is 59.7 Å². The Morgan fingerprint density at radius 1 is 0.964 bits per heavy atom. The molecule has 0 atom stereocenters. The van der Waals surface area contributed by atoms with E-state index < -0.39 is 0 Å². The van der Waals surface area contributed by atoms with Crippen molar-refractivity contribution in [2.45, 2.75) is 51.5 Å². The van der Waals surface area contributed by atoms with Gasteiger partial charge in [-0.15, -0.1) is 0 Å². The minimum atomic E-state index is -0.223. The van der Waals surface area contributed by atoms with Gasteiger partial charge in [-0.3, -0.25) is 9.59 Å². The summed E-state index contributed by atoms with van der Waals surface area (Å²) in [6.07, 6.45) is 2.53. The summed E-state index contributed by atoms with van der Waals surface area (Å²) >= 11 is 0. The lowest BCUT2D eigenvalue weighted by Gasteiger charge is -2.19. The Kier molecular flexibility index (Phi) is 6.02. The third-order valence-electron chi connectivity index (χ3n) is 4.64. The Morgan fingerprint density at radius 3 is 2.18 bits per heavy atom. The molecule has 0 spiro atoms. The first-order chi connectivity index (χ1) is 13.3. The zero-order chi connectivity index (χ0) is 20.1. The predicted molar refractivity (Wildman–Crippen MR) is 111 cm³/mol. The number of benzene rings is 2. The van der Waals surface area contributed by atoms with Crippen LogP contribution in [0.1, 0.15) is 44.7 Å². The van der Waals surface area contributed by atoms with E-state index in [2.05, 4.69) is 31.4 Å². The molecule has 0 radical (unpaired) electrons. The molecule has 1 saturated carbocycles. The van der Waals surface area contributed by atoms with Crippen molar-refractivity contribution in [2.75, 3.05) is 11.9 Å². The number of hydrogen-bond donors (Lipinski definition) is 2. The summed E-state index contributed by atoms with van der Waals surface area (Å²) in [5.41, 5.74) is 2.91. The maximum absolute atomic E-state index is 12.1. The van der Waals surface area contributed by atoms with Crippen molar-refractivity contribution in [3.63, 3.8) is 0 Å². The van der Waals surface area contributed by atoms with Crippen molar-refractivity contribution >= 4 is 17.5 Å². The second-order valence-corrected chi connectivity index (χ2v) is 8.33. The molecule has 3 rings (SSSR count). The highest BCUT2D eigenvalue weighted by molar-refractivity contribution is 5.92. The summed E-state index contributed by atoms with van der Waals surface area (Å²) in [5.74, 6) is 0.490. The van der Waals surface area contributed by atoms with E-state index in [9.17, 15) is 9.59 Å². The van der Waals surface area contributed by atoms with Gasteiger partial charge in [0.1, 0.15) is 5.75 Å². The van der Waals surface area contributed by atoms with Crippen molar-refractivity contribution in [1.82, 2.24) is 5.32 Å². The molecule has 2 N–H and O–H groups in total. The molecule has 2 aromatic carbocycles. The van der Waals surface area contributed by atoms with Crippen LogP contribution in [0.15, 0.2) is 48.5 Å². The quantitative estimate of drug-likeness (QED) is 0.767. The van der Waals surface area contributed by atoms with E-state index >= 15 is 0 Å². The fraction of sp³-hybridized carbons (Fsp3) is 0.391. The van der Waals surface area contributed by atoms with Crippen molar-refractivity contribution in [1.29, 1.82) is 0 Å². The van der Waals surface area contributed by atoms with Crippen LogP contribution in [-0.2, 0) is 21.4 Å². The van der Waals surface area contributed by atoms with Crippen LogP contribution in [0.3, 0.4) is 0 Å². The van der Waals surface area contributed by atoms with Gasteiger partial charge in [-0.25, -0.2) is 0 Å². The molecule has 0 aliphatic heterocycles. The van der Waals surface area contributed by atoms with Crippen LogP contribution in [-0.4, -0.2) is 24.5 Å². The fourth-order valence-corrected chi connectivity index (χ4v) is 2.79. The molecule has 1 fully saturated rings. The Bertz CT molecular complexity index is 816. The van der Waals surface area contributed by atoms with Gasteiger partial charge in [-0.1, -0.05) is 45.0 Å². The summed E-state index contributed by atoms with van der Waals surface area (Å²) in [6.45, 7) is 6.41. The van der Waals surface area contributed by atoms with Crippen molar-refractivity contribution in [2.24, 2.45) is 0 Å². The lowest BCUT2D eigenvalue weighted by molar-refractivity contribution is -0.120. The van der Waals surface area contributed by atoms with E-state index in [1.165, 1.54) is 5.56 Å². The van der Waals surface area contributed by atoms with Gasteiger partial charge in [0.05, 0.1) is 6.42 Å². The smallest absolute Gasteiger partial charge is 0.262 e. The fourth-order valence-electron chi connectivity index (χ4n) is 2.79. The largest absolute Gasteiger partial charge is 0.484 e. The number of nitrogens with one attached hydrogen (secondary N) is 2. The summed E-state index contributed by atoms with van der Waals surface area (Å²) in [7, 11) is 0. The van der Waals surface area contributed by atoms with Crippen LogP contribution in [0.4, 0.5) is 5.69 Å². The Hall–Kier alpha value is -2.82.